The van der Waals surface area contributed by atoms with Gasteiger partial charge in [0.1, 0.15) is 11.3 Å². The van der Waals surface area contributed by atoms with Gasteiger partial charge in [0.05, 0.1) is 6.54 Å². The van der Waals surface area contributed by atoms with Crippen molar-refractivity contribution in [3.05, 3.63) is 36.1 Å². The van der Waals surface area contributed by atoms with Crippen LogP contribution in [-0.4, -0.2) is 6.54 Å². The Hall–Kier alpha value is -1.28. The maximum atomic E-state index is 5.74. The van der Waals surface area contributed by atoms with Gasteiger partial charge in [-0.15, -0.1) is 0 Å². The van der Waals surface area contributed by atoms with E-state index in [2.05, 4.69) is 38.2 Å². The fourth-order valence-corrected chi connectivity index (χ4v) is 1.80. The number of benzene rings is 1. The summed E-state index contributed by atoms with van der Waals surface area (Å²) in [5.74, 6) is 1.01. The Morgan fingerprint density at radius 1 is 1.18 bits per heavy atom. The van der Waals surface area contributed by atoms with Crippen LogP contribution < -0.4 is 5.32 Å². The Kier molecular flexibility index (Phi) is 3.53. The molecule has 0 unspecified atom stereocenters. The summed E-state index contributed by atoms with van der Waals surface area (Å²) in [6.45, 7) is 8.62. The number of furan rings is 1. The normalized spacial score (nSPS) is 12.2. The van der Waals surface area contributed by atoms with Gasteiger partial charge in [0.25, 0.3) is 0 Å². The minimum absolute atomic E-state index is 0.390. The van der Waals surface area contributed by atoms with E-state index in [0.717, 1.165) is 24.4 Å². The fourth-order valence-electron chi connectivity index (χ4n) is 1.80. The molecule has 2 rings (SSSR count). The number of hydrogen-bond donors (Lipinski definition) is 1. The smallest absolute Gasteiger partial charge is 0.134 e. The van der Waals surface area contributed by atoms with Crippen LogP contribution in [0.3, 0.4) is 0 Å². The molecule has 0 amide bonds. The van der Waals surface area contributed by atoms with E-state index in [-0.39, 0.29) is 0 Å². The molecule has 2 aromatic rings. The second-order valence-corrected chi connectivity index (χ2v) is 5.74. The van der Waals surface area contributed by atoms with Gasteiger partial charge in [-0.25, -0.2) is 0 Å². The summed E-state index contributed by atoms with van der Waals surface area (Å²) in [7, 11) is 0. The molecule has 0 spiro atoms. The molecule has 1 aromatic carbocycles. The molecule has 2 nitrogen and oxygen atoms in total. The molecular weight excluding hydrogens is 210 g/mol. The number of fused-ring (bicyclic) bond motifs is 1. The molecule has 0 aliphatic rings. The molecule has 1 N–H and O–H groups in total. The van der Waals surface area contributed by atoms with Crippen molar-refractivity contribution in [2.24, 2.45) is 5.41 Å². The van der Waals surface area contributed by atoms with E-state index in [9.17, 15) is 0 Å². The Morgan fingerprint density at radius 3 is 2.65 bits per heavy atom. The van der Waals surface area contributed by atoms with E-state index in [4.69, 9.17) is 4.42 Å². The first-order valence-corrected chi connectivity index (χ1v) is 6.23. The van der Waals surface area contributed by atoms with Crippen LogP contribution in [0.2, 0.25) is 0 Å². The lowest BCUT2D eigenvalue weighted by atomic mass is 9.92. The van der Waals surface area contributed by atoms with Crippen molar-refractivity contribution < 1.29 is 4.42 Å². The summed E-state index contributed by atoms with van der Waals surface area (Å²) >= 11 is 0. The minimum atomic E-state index is 0.390. The first-order valence-electron chi connectivity index (χ1n) is 6.23. The second-order valence-electron chi connectivity index (χ2n) is 5.74. The number of nitrogens with one attached hydrogen (secondary N) is 1. The molecule has 1 aromatic heterocycles. The second kappa shape index (κ2) is 4.92. The maximum Gasteiger partial charge on any atom is 0.134 e. The first-order chi connectivity index (χ1) is 8.04. The van der Waals surface area contributed by atoms with Crippen LogP contribution in [0.5, 0.6) is 0 Å². The summed E-state index contributed by atoms with van der Waals surface area (Å²) < 4.78 is 5.74. The number of para-hydroxylation sites is 1. The molecule has 92 valence electrons. The monoisotopic (exact) mass is 231 g/mol. The van der Waals surface area contributed by atoms with Crippen LogP contribution in [0.25, 0.3) is 11.0 Å². The van der Waals surface area contributed by atoms with Crippen LogP contribution in [0.4, 0.5) is 0 Å². The van der Waals surface area contributed by atoms with E-state index in [0.29, 0.717) is 5.41 Å². The van der Waals surface area contributed by atoms with Crippen LogP contribution in [0, 0.1) is 5.41 Å². The molecule has 0 atom stereocenters. The summed E-state index contributed by atoms with van der Waals surface area (Å²) in [6.07, 6.45) is 1.17. The van der Waals surface area contributed by atoms with Crippen molar-refractivity contribution in [2.75, 3.05) is 6.54 Å². The van der Waals surface area contributed by atoms with Crippen molar-refractivity contribution in [1.82, 2.24) is 5.32 Å². The van der Waals surface area contributed by atoms with Gasteiger partial charge < -0.3 is 9.73 Å². The summed E-state index contributed by atoms with van der Waals surface area (Å²) in [4.78, 5) is 0. The lowest BCUT2D eigenvalue weighted by Crippen LogP contribution is -2.19. The average Bonchev–Trinajstić information content (AvgIpc) is 2.65. The molecule has 2 heteroatoms. The highest BCUT2D eigenvalue weighted by Crippen LogP contribution is 2.19. The third-order valence-corrected chi connectivity index (χ3v) is 2.83. The highest BCUT2D eigenvalue weighted by molar-refractivity contribution is 5.77. The predicted octanol–water partition coefficient (Wildman–Crippen LogP) is 3.96. The molecule has 0 fully saturated rings. The summed E-state index contributed by atoms with van der Waals surface area (Å²) in [5, 5.41) is 4.61. The first kappa shape index (κ1) is 12.2. The largest absolute Gasteiger partial charge is 0.460 e. The van der Waals surface area contributed by atoms with Crippen molar-refractivity contribution in [2.45, 2.75) is 33.7 Å². The van der Waals surface area contributed by atoms with Gasteiger partial charge in [-0.3, -0.25) is 0 Å². The van der Waals surface area contributed by atoms with Crippen molar-refractivity contribution in [1.29, 1.82) is 0 Å². The van der Waals surface area contributed by atoms with Crippen LogP contribution >= 0.6 is 0 Å². The van der Waals surface area contributed by atoms with Crippen LogP contribution in [0.1, 0.15) is 33.0 Å². The van der Waals surface area contributed by atoms with Gasteiger partial charge >= 0.3 is 0 Å². The van der Waals surface area contributed by atoms with Crippen molar-refractivity contribution in [3.8, 4) is 0 Å². The molecule has 0 saturated heterocycles. The van der Waals surface area contributed by atoms with Gasteiger partial charge in [-0.1, -0.05) is 39.0 Å². The fraction of sp³-hybridized carbons (Fsp3) is 0.467. The van der Waals surface area contributed by atoms with E-state index >= 15 is 0 Å². The molecule has 0 saturated carbocycles. The van der Waals surface area contributed by atoms with Crippen LogP contribution in [-0.2, 0) is 6.54 Å². The topological polar surface area (TPSA) is 25.2 Å². The van der Waals surface area contributed by atoms with Crippen molar-refractivity contribution >= 4 is 11.0 Å². The van der Waals surface area contributed by atoms with Gasteiger partial charge in [-0.05, 0) is 30.5 Å². The maximum absolute atomic E-state index is 5.74. The molecule has 0 aliphatic carbocycles. The summed E-state index contributed by atoms with van der Waals surface area (Å²) in [6, 6.07) is 10.2. The Balaban J connectivity index is 1.87. The molecule has 0 bridgehead atoms. The van der Waals surface area contributed by atoms with Crippen molar-refractivity contribution in [3.63, 3.8) is 0 Å². The third kappa shape index (κ3) is 3.60. The Morgan fingerprint density at radius 2 is 1.94 bits per heavy atom. The third-order valence-electron chi connectivity index (χ3n) is 2.83. The van der Waals surface area contributed by atoms with E-state index < -0.39 is 0 Å². The number of hydrogen-bond acceptors (Lipinski definition) is 2. The zero-order valence-electron chi connectivity index (χ0n) is 10.9. The SMILES string of the molecule is CC(C)(C)CCNCc1cc2ccccc2o1. The highest BCUT2D eigenvalue weighted by Gasteiger charge is 2.09. The molecule has 1 heterocycles. The van der Waals surface area contributed by atoms with E-state index in [1.807, 2.05) is 18.2 Å². The van der Waals surface area contributed by atoms with Gasteiger partial charge in [0.2, 0.25) is 0 Å². The van der Waals surface area contributed by atoms with Crippen LogP contribution in [0.15, 0.2) is 34.7 Å². The van der Waals surface area contributed by atoms with Gasteiger partial charge in [0.15, 0.2) is 0 Å². The predicted molar refractivity (Wildman–Crippen MR) is 72.0 cm³/mol. The molecule has 0 radical (unpaired) electrons. The molecule has 0 aliphatic heterocycles. The molecular formula is C15H21NO. The van der Waals surface area contributed by atoms with E-state index in [1.54, 1.807) is 0 Å². The lowest BCUT2D eigenvalue weighted by molar-refractivity contribution is 0.362. The minimum Gasteiger partial charge on any atom is -0.460 e. The molecule has 17 heavy (non-hydrogen) atoms. The summed E-state index contributed by atoms with van der Waals surface area (Å²) in [5.41, 5.74) is 1.36. The standard InChI is InChI=1S/C15H21NO/c1-15(2,3)8-9-16-11-13-10-12-6-4-5-7-14(12)17-13/h4-7,10,16H,8-9,11H2,1-3H3. The zero-order chi connectivity index (χ0) is 12.3. The lowest BCUT2D eigenvalue weighted by Gasteiger charge is -2.17. The van der Waals surface area contributed by atoms with Gasteiger partial charge in [0, 0.05) is 5.39 Å². The Bertz CT molecular complexity index is 446. The number of rotatable bonds is 4. The Labute approximate surface area is 103 Å². The zero-order valence-corrected chi connectivity index (χ0v) is 10.9. The average molecular weight is 231 g/mol. The van der Waals surface area contributed by atoms with Gasteiger partial charge in [-0.2, -0.15) is 0 Å². The van der Waals surface area contributed by atoms with E-state index in [1.165, 1.54) is 11.8 Å². The highest BCUT2D eigenvalue weighted by atomic mass is 16.3. The quantitative estimate of drug-likeness (QED) is 0.806.